The van der Waals surface area contributed by atoms with Crippen LogP contribution in [-0.2, 0) is 11.3 Å². The first-order valence-electron chi connectivity index (χ1n) is 8.65. The Hall–Kier alpha value is -3.74. The maximum Gasteiger partial charge on any atom is 0.341 e. The van der Waals surface area contributed by atoms with Crippen molar-refractivity contribution < 1.29 is 18.7 Å². The zero-order chi connectivity index (χ0) is 19.7. The van der Waals surface area contributed by atoms with Crippen LogP contribution in [0, 0.1) is 6.92 Å². The topological polar surface area (TPSA) is 94.3 Å². The van der Waals surface area contributed by atoms with Gasteiger partial charge in [0.2, 0.25) is 0 Å². The number of esters is 1. The lowest BCUT2D eigenvalue weighted by atomic mass is 10.1. The van der Waals surface area contributed by atoms with E-state index in [1.54, 1.807) is 30.6 Å². The van der Waals surface area contributed by atoms with Gasteiger partial charge in [0.25, 0.3) is 5.91 Å². The number of aryl methyl sites for hydroxylation is 1. The fourth-order valence-electron chi connectivity index (χ4n) is 3.13. The molecule has 1 N–H and O–H groups in total. The second-order valence-corrected chi connectivity index (χ2v) is 6.38. The molecule has 0 radical (unpaired) electrons. The van der Waals surface area contributed by atoms with Gasteiger partial charge in [0, 0.05) is 29.4 Å². The molecule has 1 amide bonds. The first-order valence-corrected chi connectivity index (χ1v) is 8.65. The van der Waals surface area contributed by atoms with Crippen LogP contribution in [0.2, 0.25) is 0 Å². The van der Waals surface area contributed by atoms with Gasteiger partial charge in [0.15, 0.2) is 0 Å². The smallest absolute Gasteiger partial charge is 0.341 e. The molecule has 0 atom stereocenters. The third-order valence-corrected chi connectivity index (χ3v) is 4.40. The van der Waals surface area contributed by atoms with E-state index in [0.29, 0.717) is 28.0 Å². The van der Waals surface area contributed by atoms with Gasteiger partial charge in [0.1, 0.15) is 16.9 Å². The highest BCUT2D eigenvalue weighted by Gasteiger charge is 2.17. The van der Waals surface area contributed by atoms with Crippen molar-refractivity contribution in [1.29, 1.82) is 0 Å². The van der Waals surface area contributed by atoms with E-state index < -0.39 is 5.97 Å². The maximum atomic E-state index is 12.6. The highest BCUT2D eigenvalue weighted by atomic mass is 16.5. The molecule has 0 fully saturated rings. The molecule has 0 bridgehead atoms. The van der Waals surface area contributed by atoms with Crippen LogP contribution < -0.4 is 5.32 Å². The van der Waals surface area contributed by atoms with Crippen molar-refractivity contribution in [2.24, 2.45) is 0 Å². The zero-order valence-electron chi connectivity index (χ0n) is 15.4. The Morgan fingerprint density at radius 1 is 1.14 bits per heavy atom. The second kappa shape index (κ2) is 7.11. The molecule has 0 saturated carbocycles. The molecule has 0 spiro atoms. The normalized spacial score (nSPS) is 10.9. The fourth-order valence-corrected chi connectivity index (χ4v) is 3.13. The van der Waals surface area contributed by atoms with Crippen LogP contribution in [0.15, 0.2) is 53.3 Å². The number of benzene rings is 1. The Balaban J connectivity index is 1.60. The molecule has 28 heavy (non-hydrogen) atoms. The molecule has 7 nitrogen and oxygen atoms in total. The van der Waals surface area contributed by atoms with E-state index in [9.17, 15) is 9.59 Å². The van der Waals surface area contributed by atoms with Crippen molar-refractivity contribution in [1.82, 2.24) is 15.3 Å². The number of nitrogens with zero attached hydrogens (tertiary/aromatic N) is 2. The number of nitrogens with one attached hydrogen (secondary N) is 1. The molecule has 1 aromatic carbocycles. The minimum absolute atomic E-state index is 0.163. The number of hydrogen-bond acceptors (Lipinski definition) is 6. The number of pyridine rings is 2. The third-order valence-electron chi connectivity index (χ3n) is 4.40. The van der Waals surface area contributed by atoms with Gasteiger partial charge in [-0.05, 0) is 42.8 Å². The van der Waals surface area contributed by atoms with Gasteiger partial charge in [-0.1, -0.05) is 0 Å². The Morgan fingerprint density at radius 2 is 2.00 bits per heavy atom. The summed E-state index contributed by atoms with van der Waals surface area (Å²) >= 11 is 0. The molecule has 3 aromatic heterocycles. The molecule has 0 saturated heterocycles. The van der Waals surface area contributed by atoms with E-state index in [1.807, 2.05) is 19.1 Å². The van der Waals surface area contributed by atoms with Crippen molar-refractivity contribution in [3.8, 4) is 0 Å². The summed E-state index contributed by atoms with van der Waals surface area (Å²) in [6.07, 6.45) is 4.78. The number of carbonyl (C=O) groups is 2. The Bertz CT molecular complexity index is 1210. The molecular formula is C21H17N3O4. The van der Waals surface area contributed by atoms with E-state index in [1.165, 1.54) is 13.3 Å². The Kier molecular flexibility index (Phi) is 4.49. The number of hydrogen-bond donors (Lipinski definition) is 1. The van der Waals surface area contributed by atoms with Crippen LogP contribution in [-0.4, -0.2) is 29.0 Å². The van der Waals surface area contributed by atoms with Gasteiger partial charge in [-0.2, -0.15) is 0 Å². The maximum absolute atomic E-state index is 12.6. The van der Waals surface area contributed by atoms with Crippen molar-refractivity contribution in [3.05, 3.63) is 71.4 Å². The first-order chi connectivity index (χ1) is 13.6. The summed E-state index contributed by atoms with van der Waals surface area (Å²) in [6.45, 7) is 2.05. The van der Waals surface area contributed by atoms with E-state index in [0.717, 1.165) is 16.3 Å². The van der Waals surface area contributed by atoms with Gasteiger partial charge in [0.05, 0.1) is 24.7 Å². The molecule has 0 unspecified atom stereocenters. The summed E-state index contributed by atoms with van der Waals surface area (Å²) in [5.74, 6) is -0.242. The number of rotatable bonds is 4. The van der Waals surface area contributed by atoms with Gasteiger partial charge in [-0.25, -0.2) is 4.79 Å². The molecule has 4 rings (SSSR count). The first kappa shape index (κ1) is 17.7. The lowest BCUT2D eigenvalue weighted by Crippen LogP contribution is -2.23. The number of furan rings is 1. The van der Waals surface area contributed by atoms with E-state index in [4.69, 9.17) is 9.15 Å². The summed E-state index contributed by atoms with van der Waals surface area (Å²) in [4.78, 5) is 33.0. The lowest BCUT2D eigenvalue weighted by Gasteiger charge is -2.05. The van der Waals surface area contributed by atoms with Crippen molar-refractivity contribution in [2.75, 3.05) is 7.11 Å². The second-order valence-electron chi connectivity index (χ2n) is 6.38. The molecule has 4 aromatic rings. The van der Waals surface area contributed by atoms with Crippen LogP contribution in [0.1, 0.15) is 32.0 Å². The van der Waals surface area contributed by atoms with Crippen LogP contribution >= 0.6 is 0 Å². The summed E-state index contributed by atoms with van der Waals surface area (Å²) in [6, 6.07) is 9.07. The third kappa shape index (κ3) is 3.18. The summed E-state index contributed by atoms with van der Waals surface area (Å²) in [5, 5.41) is 4.38. The minimum Gasteiger partial charge on any atom is -0.465 e. The standard InChI is InChI=1S/C21H17N3O4/c1-12-6-14-8-15(28-19(14)16(7-12)21(26)27-2)10-24-20(25)17-11-22-9-13-4-3-5-23-18(13)17/h3-9,11H,10H2,1-2H3,(H,24,25). The van der Waals surface area contributed by atoms with Gasteiger partial charge in [-0.15, -0.1) is 0 Å². The highest BCUT2D eigenvalue weighted by molar-refractivity contribution is 6.05. The molecule has 0 aliphatic heterocycles. The Labute approximate surface area is 160 Å². The summed E-state index contributed by atoms with van der Waals surface area (Å²) in [7, 11) is 1.33. The minimum atomic E-state index is -0.466. The lowest BCUT2D eigenvalue weighted by molar-refractivity contribution is 0.0601. The van der Waals surface area contributed by atoms with Crippen LogP contribution in [0.4, 0.5) is 0 Å². The van der Waals surface area contributed by atoms with E-state index >= 15 is 0 Å². The average molecular weight is 375 g/mol. The van der Waals surface area contributed by atoms with Crippen molar-refractivity contribution in [2.45, 2.75) is 13.5 Å². The van der Waals surface area contributed by atoms with Crippen LogP contribution in [0.3, 0.4) is 0 Å². The monoisotopic (exact) mass is 375 g/mol. The van der Waals surface area contributed by atoms with Crippen molar-refractivity contribution in [3.63, 3.8) is 0 Å². The van der Waals surface area contributed by atoms with Crippen LogP contribution in [0.5, 0.6) is 0 Å². The van der Waals surface area contributed by atoms with E-state index in [2.05, 4.69) is 15.3 Å². The number of carbonyl (C=O) groups excluding carboxylic acids is 2. The molecule has 0 aliphatic rings. The largest absolute Gasteiger partial charge is 0.465 e. The predicted molar refractivity (Wildman–Crippen MR) is 103 cm³/mol. The molecule has 140 valence electrons. The van der Waals surface area contributed by atoms with Gasteiger partial charge >= 0.3 is 5.97 Å². The molecule has 3 heterocycles. The number of amides is 1. The molecular weight excluding hydrogens is 358 g/mol. The number of methoxy groups -OCH3 is 1. The fraction of sp³-hybridized carbons (Fsp3) is 0.143. The molecule has 7 heteroatoms. The predicted octanol–water partition coefficient (Wildman–Crippen LogP) is 3.40. The number of aromatic nitrogens is 2. The Morgan fingerprint density at radius 3 is 2.82 bits per heavy atom. The quantitative estimate of drug-likeness (QED) is 0.550. The van der Waals surface area contributed by atoms with Gasteiger partial charge in [-0.3, -0.25) is 14.8 Å². The summed E-state index contributed by atoms with van der Waals surface area (Å²) in [5.41, 5.74) is 2.69. The number of fused-ring (bicyclic) bond motifs is 2. The number of ether oxygens (including phenoxy) is 1. The molecule has 0 aliphatic carbocycles. The van der Waals surface area contributed by atoms with E-state index in [-0.39, 0.29) is 12.5 Å². The SMILES string of the molecule is COC(=O)c1cc(C)cc2cc(CNC(=O)c3cncc4cccnc34)oc12. The van der Waals surface area contributed by atoms with Crippen LogP contribution in [0.25, 0.3) is 21.9 Å². The highest BCUT2D eigenvalue weighted by Crippen LogP contribution is 2.26. The zero-order valence-corrected chi connectivity index (χ0v) is 15.4. The van der Waals surface area contributed by atoms with Gasteiger partial charge < -0.3 is 14.5 Å². The summed E-state index contributed by atoms with van der Waals surface area (Å²) < 4.78 is 10.6. The average Bonchev–Trinajstić information content (AvgIpc) is 3.13. The van der Waals surface area contributed by atoms with Crippen molar-refractivity contribution >= 4 is 33.7 Å².